The van der Waals surface area contributed by atoms with Crippen LogP contribution in [0.25, 0.3) is 0 Å². The molecule has 23 heavy (non-hydrogen) atoms. The first-order valence-corrected chi connectivity index (χ1v) is 8.23. The molecule has 0 aliphatic heterocycles. The number of aryl methyl sites for hydroxylation is 2. The number of benzene rings is 1. The largest absolute Gasteiger partial charge is 0.494 e. The molecule has 124 valence electrons. The highest BCUT2D eigenvalue weighted by Crippen LogP contribution is 2.32. The molecule has 0 aliphatic carbocycles. The average molecular weight is 382 g/mol. The minimum absolute atomic E-state index is 0.263. The maximum atomic E-state index is 12.6. The highest BCUT2D eigenvalue weighted by Gasteiger charge is 2.21. The van der Waals surface area contributed by atoms with Crippen LogP contribution in [-0.4, -0.2) is 19.1 Å². The van der Waals surface area contributed by atoms with Gasteiger partial charge < -0.3 is 19.2 Å². The fourth-order valence-corrected chi connectivity index (χ4v) is 2.79. The van der Waals surface area contributed by atoms with Crippen LogP contribution in [0.3, 0.4) is 0 Å². The minimum atomic E-state index is -0.263. The Morgan fingerprint density at radius 2 is 1.87 bits per heavy atom. The molecule has 1 aromatic heterocycles. The fraction of sp³-hybridized carbons (Fsp3) is 0.353. The predicted molar refractivity (Wildman–Crippen MR) is 92.6 cm³/mol. The fourth-order valence-electron chi connectivity index (χ4n) is 2.25. The summed E-state index contributed by atoms with van der Waals surface area (Å²) in [7, 11) is 0. The van der Waals surface area contributed by atoms with E-state index < -0.39 is 0 Å². The summed E-state index contributed by atoms with van der Waals surface area (Å²) in [5, 5.41) is 2.87. The van der Waals surface area contributed by atoms with Crippen molar-refractivity contribution in [3.8, 4) is 11.5 Å². The molecule has 1 aromatic carbocycles. The van der Waals surface area contributed by atoms with Crippen LogP contribution in [0, 0.1) is 13.8 Å². The highest BCUT2D eigenvalue weighted by atomic mass is 79.9. The maximum Gasteiger partial charge on any atom is 0.260 e. The molecule has 0 atom stereocenters. The lowest BCUT2D eigenvalue weighted by Gasteiger charge is -2.13. The van der Waals surface area contributed by atoms with E-state index in [-0.39, 0.29) is 5.91 Å². The summed E-state index contributed by atoms with van der Waals surface area (Å²) in [6, 6.07) is 5.35. The van der Waals surface area contributed by atoms with Gasteiger partial charge in [0.05, 0.1) is 28.9 Å². The summed E-state index contributed by atoms with van der Waals surface area (Å²) in [6.45, 7) is 8.41. The smallest absolute Gasteiger partial charge is 0.260 e. The van der Waals surface area contributed by atoms with Gasteiger partial charge in [-0.25, -0.2) is 0 Å². The number of rotatable bonds is 6. The zero-order valence-electron chi connectivity index (χ0n) is 13.7. The number of hydrogen-bond donors (Lipinski definition) is 1. The van der Waals surface area contributed by atoms with E-state index in [0.29, 0.717) is 52.0 Å². The maximum absolute atomic E-state index is 12.6. The average Bonchev–Trinajstić information content (AvgIpc) is 2.75. The van der Waals surface area contributed by atoms with Gasteiger partial charge in [0.15, 0.2) is 0 Å². The number of halogens is 1. The summed E-state index contributed by atoms with van der Waals surface area (Å²) in [4.78, 5) is 12.6. The number of amides is 1. The third kappa shape index (κ3) is 3.88. The number of carbonyl (C=O) groups excluding carboxylic acids is 1. The van der Waals surface area contributed by atoms with Crippen LogP contribution in [0.5, 0.6) is 11.5 Å². The van der Waals surface area contributed by atoms with Crippen LogP contribution >= 0.6 is 15.9 Å². The molecule has 1 amide bonds. The SMILES string of the molecule is CCOc1ccc(OCC)c(NC(=O)c2c(C)oc(C)c2Br)c1. The van der Waals surface area contributed by atoms with Gasteiger partial charge in [0.2, 0.25) is 0 Å². The molecule has 1 heterocycles. The quantitative estimate of drug-likeness (QED) is 0.786. The van der Waals surface area contributed by atoms with E-state index in [1.54, 1.807) is 26.0 Å². The Hall–Kier alpha value is -1.95. The molecule has 6 heteroatoms. The van der Waals surface area contributed by atoms with E-state index in [9.17, 15) is 4.79 Å². The first-order chi connectivity index (χ1) is 11.0. The first-order valence-electron chi connectivity index (χ1n) is 7.44. The van der Waals surface area contributed by atoms with E-state index in [1.165, 1.54) is 0 Å². The lowest BCUT2D eigenvalue weighted by atomic mass is 10.2. The third-order valence-electron chi connectivity index (χ3n) is 3.22. The standard InChI is InChI=1S/C17H20BrNO4/c1-5-21-12-7-8-14(22-6-2)13(9-12)19-17(20)15-10(3)23-11(4)16(15)18/h7-9H,5-6H2,1-4H3,(H,19,20). The van der Waals surface area contributed by atoms with Gasteiger partial charge in [-0.1, -0.05) is 0 Å². The van der Waals surface area contributed by atoms with Gasteiger partial charge in [0.1, 0.15) is 23.0 Å². The lowest BCUT2D eigenvalue weighted by molar-refractivity contribution is 0.102. The van der Waals surface area contributed by atoms with Crippen LogP contribution in [0.1, 0.15) is 35.7 Å². The van der Waals surface area contributed by atoms with Crippen molar-refractivity contribution in [3.63, 3.8) is 0 Å². The number of hydrogen-bond acceptors (Lipinski definition) is 4. The van der Waals surface area contributed by atoms with E-state index in [4.69, 9.17) is 13.9 Å². The Labute approximate surface area is 144 Å². The summed E-state index contributed by atoms with van der Waals surface area (Å²) in [5.74, 6) is 2.23. The molecule has 0 unspecified atom stereocenters. The Morgan fingerprint density at radius 3 is 2.43 bits per heavy atom. The monoisotopic (exact) mass is 381 g/mol. The van der Waals surface area contributed by atoms with Gasteiger partial charge in [-0.05, 0) is 55.8 Å². The van der Waals surface area contributed by atoms with Crippen LogP contribution in [0.4, 0.5) is 5.69 Å². The molecule has 2 rings (SSSR count). The van der Waals surface area contributed by atoms with Gasteiger partial charge >= 0.3 is 0 Å². The molecule has 5 nitrogen and oxygen atoms in total. The van der Waals surface area contributed by atoms with Crippen molar-refractivity contribution in [1.29, 1.82) is 0 Å². The number of ether oxygens (including phenoxy) is 2. The molecule has 1 N–H and O–H groups in total. The topological polar surface area (TPSA) is 60.7 Å². The minimum Gasteiger partial charge on any atom is -0.494 e. The summed E-state index contributed by atoms with van der Waals surface area (Å²) >= 11 is 3.39. The van der Waals surface area contributed by atoms with Gasteiger partial charge in [-0.3, -0.25) is 4.79 Å². The predicted octanol–water partition coefficient (Wildman–Crippen LogP) is 4.71. The second-order valence-corrected chi connectivity index (χ2v) is 5.67. The Morgan fingerprint density at radius 1 is 1.17 bits per heavy atom. The molecular weight excluding hydrogens is 362 g/mol. The zero-order chi connectivity index (χ0) is 17.0. The second kappa shape index (κ2) is 7.55. The normalized spacial score (nSPS) is 10.5. The first kappa shape index (κ1) is 17.4. The van der Waals surface area contributed by atoms with Crippen LogP contribution in [0.2, 0.25) is 0 Å². The van der Waals surface area contributed by atoms with Gasteiger partial charge in [-0.2, -0.15) is 0 Å². The molecule has 0 bridgehead atoms. The summed E-state index contributed by atoms with van der Waals surface area (Å²) in [6.07, 6.45) is 0. The zero-order valence-corrected chi connectivity index (χ0v) is 15.2. The third-order valence-corrected chi connectivity index (χ3v) is 4.18. The van der Waals surface area contributed by atoms with Gasteiger partial charge in [-0.15, -0.1) is 0 Å². The van der Waals surface area contributed by atoms with Gasteiger partial charge in [0, 0.05) is 6.07 Å². The molecule has 0 saturated carbocycles. The van der Waals surface area contributed by atoms with E-state index in [1.807, 2.05) is 19.9 Å². The number of furan rings is 1. The van der Waals surface area contributed by atoms with E-state index in [0.717, 1.165) is 0 Å². The summed E-state index contributed by atoms with van der Waals surface area (Å²) in [5.41, 5.74) is 1.04. The summed E-state index contributed by atoms with van der Waals surface area (Å²) < 4.78 is 17.2. The van der Waals surface area contributed by atoms with Crippen molar-refractivity contribution in [2.24, 2.45) is 0 Å². The molecule has 0 saturated heterocycles. The van der Waals surface area contributed by atoms with Crippen LogP contribution in [0.15, 0.2) is 27.1 Å². The molecule has 0 spiro atoms. The Bertz CT molecular complexity index is 709. The van der Waals surface area contributed by atoms with Crippen molar-refractivity contribution in [2.45, 2.75) is 27.7 Å². The Balaban J connectivity index is 2.33. The lowest BCUT2D eigenvalue weighted by Crippen LogP contribution is -2.14. The van der Waals surface area contributed by atoms with Crippen molar-refractivity contribution in [2.75, 3.05) is 18.5 Å². The van der Waals surface area contributed by atoms with Crippen molar-refractivity contribution < 1.29 is 18.7 Å². The van der Waals surface area contributed by atoms with Crippen molar-refractivity contribution >= 4 is 27.5 Å². The second-order valence-electron chi connectivity index (χ2n) is 4.88. The number of carbonyl (C=O) groups is 1. The molecule has 0 aliphatic rings. The number of nitrogens with one attached hydrogen (secondary N) is 1. The van der Waals surface area contributed by atoms with Crippen LogP contribution < -0.4 is 14.8 Å². The molecule has 2 aromatic rings. The highest BCUT2D eigenvalue weighted by molar-refractivity contribution is 9.10. The van der Waals surface area contributed by atoms with E-state index in [2.05, 4.69) is 21.2 Å². The van der Waals surface area contributed by atoms with Gasteiger partial charge in [0.25, 0.3) is 5.91 Å². The molecule has 0 radical (unpaired) electrons. The Kier molecular flexibility index (Phi) is 5.71. The van der Waals surface area contributed by atoms with Crippen molar-refractivity contribution in [3.05, 3.63) is 39.8 Å². The molecule has 0 fully saturated rings. The number of anilines is 1. The van der Waals surface area contributed by atoms with E-state index >= 15 is 0 Å². The molecular formula is C17H20BrNO4. The van der Waals surface area contributed by atoms with Crippen LogP contribution in [-0.2, 0) is 0 Å². The van der Waals surface area contributed by atoms with Crippen molar-refractivity contribution in [1.82, 2.24) is 0 Å².